The molecule has 176 valence electrons. The zero-order chi connectivity index (χ0) is 24.2. The summed E-state index contributed by atoms with van der Waals surface area (Å²) in [5.41, 5.74) is -0.197. The van der Waals surface area contributed by atoms with Crippen LogP contribution in [-0.2, 0) is 11.8 Å². The number of hydrogen-bond acceptors (Lipinski definition) is 3. The molecule has 5 nitrogen and oxygen atoms in total. The van der Waals surface area contributed by atoms with Crippen LogP contribution in [0.25, 0.3) is 11.0 Å². The minimum absolute atomic E-state index is 0.0932. The highest BCUT2D eigenvalue weighted by atomic mass is 19.4. The van der Waals surface area contributed by atoms with Gasteiger partial charge < -0.3 is 15.0 Å². The summed E-state index contributed by atoms with van der Waals surface area (Å²) in [6, 6.07) is 7.54. The predicted octanol–water partition coefficient (Wildman–Crippen LogP) is 5.42. The van der Waals surface area contributed by atoms with Crippen LogP contribution in [0.3, 0.4) is 0 Å². The molecule has 2 aromatic carbocycles. The third-order valence-corrected chi connectivity index (χ3v) is 5.97. The predicted molar refractivity (Wildman–Crippen MR) is 116 cm³/mol. The van der Waals surface area contributed by atoms with Crippen molar-refractivity contribution in [3.8, 4) is 5.75 Å². The van der Waals surface area contributed by atoms with Crippen molar-refractivity contribution in [2.24, 2.45) is 0 Å². The number of alkyl halides is 3. The van der Waals surface area contributed by atoms with Gasteiger partial charge in [0.2, 0.25) is 0 Å². The summed E-state index contributed by atoms with van der Waals surface area (Å²) in [6.07, 6.45) is -4.58. The van der Waals surface area contributed by atoms with Gasteiger partial charge in [0.15, 0.2) is 0 Å². The standard InChI is InChI=1S/C24H25F4N3O2/c1-22(2,3)15-12-16(25)14(10-19(15)33-4)11-20-29-17-6-5-13(9-18(17)30-20)21(32)31-23(7-8-23)24(26,27)28/h5-6,9-10,12H,7-8,11H2,1-4H3,(H,29,30)(H,31,32). The maximum absolute atomic E-state index is 14.8. The second kappa shape index (κ2) is 7.74. The van der Waals surface area contributed by atoms with Crippen molar-refractivity contribution in [2.45, 2.75) is 57.2 Å². The number of methoxy groups -OCH3 is 1. The Morgan fingerprint density at radius 2 is 1.88 bits per heavy atom. The Kier molecular flexibility index (Phi) is 5.41. The first-order valence-electron chi connectivity index (χ1n) is 10.6. The molecule has 1 amide bonds. The molecule has 1 aliphatic carbocycles. The fraction of sp³-hybridized carbons (Fsp3) is 0.417. The Hall–Kier alpha value is -3.10. The lowest BCUT2D eigenvalue weighted by Gasteiger charge is -2.23. The van der Waals surface area contributed by atoms with Gasteiger partial charge >= 0.3 is 6.18 Å². The molecule has 4 rings (SSSR count). The number of carbonyl (C=O) groups is 1. The summed E-state index contributed by atoms with van der Waals surface area (Å²) >= 11 is 0. The number of aromatic amines is 1. The molecule has 0 saturated heterocycles. The fourth-order valence-corrected chi connectivity index (χ4v) is 3.85. The number of rotatable bonds is 5. The molecule has 1 aliphatic rings. The van der Waals surface area contributed by atoms with Crippen LogP contribution >= 0.6 is 0 Å². The van der Waals surface area contributed by atoms with Gasteiger partial charge in [-0.2, -0.15) is 13.2 Å². The minimum Gasteiger partial charge on any atom is -0.496 e. The third-order valence-electron chi connectivity index (χ3n) is 5.97. The van der Waals surface area contributed by atoms with E-state index in [0.717, 1.165) is 5.56 Å². The van der Waals surface area contributed by atoms with Crippen LogP contribution in [0.4, 0.5) is 17.6 Å². The van der Waals surface area contributed by atoms with E-state index >= 15 is 0 Å². The van der Waals surface area contributed by atoms with Gasteiger partial charge in [-0.05, 0) is 54.2 Å². The van der Waals surface area contributed by atoms with Gasteiger partial charge in [-0.3, -0.25) is 4.79 Å². The van der Waals surface area contributed by atoms with Gasteiger partial charge in [0.25, 0.3) is 5.91 Å². The second-order valence-corrected chi connectivity index (χ2v) is 9.52. The number of aromatic nitrogens is 2. The van der Waals surface area contributed by atoms with E-state index in [4.69, 9.17) is 4.74 Å². The van der Waals surface area contributed by atoms with Crippen molar-refractivity contribution < 1.29 is 27.1 Å². The van der Waals surface area contributed by atoms with E-state index in [9.17, 15) is 22.4 Å². The highest BCUT2D eigenvalue weighted by Crippen LogP contribution is 2.49. The van der Waals surface area contributed by atoms with E-state index in [1.807, 2.05) is 20.8 Å². The molecule has 0 bridgehead atoms. The fourth-order valence-electron chi connectivity index (χ4n) is 3.85. The lowest BCUT2D eigenvalue weighted by atomic mass is 9.85. The molecule has 0 atom stereocenters. The molecule has 1 saturated carbocycles. The summed E-state index contributed by atoms with van der Waals surface area (Å²) in [5.74, 6) is -0.145. The first-order valence-corrected chi connectivity index (χ1v) is 10.6. The molecule has 0 aliphatic heterocycles. The number of benzene rings is 2. The average Bonchev–Trinajstić information content (AvgIpc) is 3.40. The number of nitrogens with one attached hydrogen (secondary N) is 2. The zero-order valence-electron chi connectivity index (χ0n) is 18.8. The van der Waals surface area contributed by atoms with Crippen molar-refractivity contribution in [1.82, 2.24) is 15.3 Å². The van der Waals surface area contributed by atoms with Crippen LogP contribution in [0, 0.1) is 5.82 Å². The molecule has 1 fully saturated rings. The number of amides is 1. The zero-order valence-corrected chi connectivity index (χ0v) is 18.8. The van der Waals surface area contributed by atoms with Gasteiger partial charge in [-0.15, -0.1) is 0 Å². The first kappa shape index (κ1) is 23.1. The van der Waals surface area contributed by atoms with Crippen LogP contribution in [0.15, 0.2) is 30.3 Å². The Bertz CT molecular complexity index is 1220. The number of nitrogens with zero attached hydrogens (tertiary/aromatic N) is 1. The van der Waals surface area contributed by atoms with Gasteiger partial charge in [-0.25, -0.2) is 9.37 Å². The van der Waals surface area contributed by atoms with Gasteiger partial charge in [0.1, 0.15) is 22.9 Å². The summed E-state index contributed by atoms with van der Waals surface area (Å²) in [5, 5.41) is 2.11. The smallest absolute Gasteiger partial charge is 0.411 e. The van der Waals surface area contributed by atoms with Crippen LogP contribution < -0.4 is 10.1 Å². The summed E-state index contributed by atoms with van der Waals surface area (Å²) in [4.78, 5) is 19.9. The molecule has 1 heterocycles. The lowest BCUT2D eigenvalue weighted by molar-refractivity contribution is -0.163. The van der Waals surface area contributed by atoms with E-state index < -0.39 is 17.6 Å². The Balaban J connectivity index is 1.58. The quantitative estimate of drug-likeness (QED) is 0.497. The van der Waals surface area contributed by atoms with Crippen molar-refractivity contribution in [3.63, 3.8) is 0 Å². The topological polar surface area (TPSA) is 67.0 Å². The van der Waals surface area contributed by atoms with E-state index in [2.05, 4.69) is 15.3 Å². The van der Waals surface area contributed by atoms with Gasteiger partial charge in [0.05, 0.1) is 18.1 Å². The largest absolute Gasteiger partial charge is 0.496 e. The number of halogens is 4. The van der Waals surface area contributed by atoms with Crippen LogP contribution in [0.1, 0.15) is 60.9 Å². The van der Waals surface area contributed by atoms with Crippen molar-refractivity contribution in [1.29, 1.82) is 0 Å². The van der Waals surface area contributed by atoms with Crippen molar-refractivity contribution in [3.05, 3.63) is 58.7 Å². The maximum Gasteiger partial charge on any atom is 0.411 e. The highest BCUT2D eigenvalue weighted by molar-refractivity contribution is 5.98. The number of imidazole rings is 1. The van der Waals surface area contributed by atoms with E-state index in [0.29, 0.717) is 28.2 Å². The molecule has 0 spiro atoms. The molecule has 33 heavy (non-hydrogen) atoms. The van der Waals surface area contributed by atoms with E-state index in [1.54, 1.807) is 12.1 Å². The van der Waals surface area contributed by atoms with Crippen LogP contribution in [0.2, 0.25) is 0 Å². The third kappa shape index (κ3) is 4.41. The first-order chi connectivity index (χ1) is 15.3. The number of fused-ring (bicyclic) bond motifs is 1. The lowest BCUT2D eigenvalue weighted by Crippen LogP contribution is -2.47. The monoisotopic (exact) mass is 463 g/mol. The number of H-pyrrole nitrogens is 1. The molecule has 2 N–H and O–H groups in total. The Morgan fingerprint density at radius 3 is 2.45 bits per heavy atom. The molecular weight excluding hydrogens is 438 g/mol. The minimum atomic E-state index is -4.48. The van der Waals surface area contributed by atoms with Crippen molar-refractivity contribution in [2.75, 3.05) is 7.11 Å². The molecule has 0 radical (unpaired) electrons. The van der Waals surface area contributed by atoms with Crippen LogP contribution in [0.5, 0.6) is 5.75 Å². The van der Waals surface area contributed by atoms with E-state index in [-0.39, 0.29) is 36.1 Å². The molecule has 3 aromatic rings. The SMILES string of the molecule is COc1cc(Cc2nc3ccc(C(=O)NC4(C(F)(F)F)CC4)cc3[nH]2)c(F)cc1C(C)(C)C. The maximum atomic E-state index is 14.8. The van der Waals surface area contributed by atoms with E-state index in [1.165, 1.54) is 25.3 Å². The summed E-state index contributed by atoms with van der Waals surface area (Å²) in [7, 11) is 1.53. The molecular formula is C24H25F4N3O2. The Morgan fingerprint density at radius 1 is 1.18 bits per heavy atom. The number of carbonyl (C=O) groups excluding carboxylic acids is 1. The molecule has 1 aromatic heterocycles. The second-order valence-electron chi connectivity index (χ2n) is 9.52. The normalized spacial score (nSPS) is 15.5. The highest BCUT2D eigenvalue weighted by Gasteiger charge is 2.64. The summed E-state index contributed by atoms with van der Waals surface area (Å²) < 4.78 is 59.7. The van der Waals surface area contributed by atoms with Crippen LogP contribution in [-0.4, -0.2) is 34.7 Å². The average molecular weight is 463 g/mol. The van der Waals surface area contributed by atoms with Gasteiger partial charge in [0, 0.05) is 17.5 Å². The Labute approximate surface area is 188 Å². The van der Waals surface area contributed by atoms with Crippen molar-refractivity contribution >= 4 is 16.9 Å². The van der Waals surface area contributed by atoms with Gasteiger partial charge in [-0.1, -0.05) is 20.8 Å². The molecule has 0 unspecified atom stereocenters. The summed E-state index contributed by atoms with van der Waals surface area (Å²) in [6.45, 7) is 5.91. The number of hydrogen-bond donors (Lipinski definition) is 2. The molecule has 9 heteroatoms. The number of ether oxygens (including phenoxy) is 1.